The summed E-state index contributed by atoms with van der Waals surface area (Å²) in [4.78, 5) is 20.4. The maximum absolute atomic E-state index is 13.7. The first-order chi connectivity index (χ1) is 19.1. The molecule has 0 saturated carbocycles. The summed E-state index contributed by atoms with van der Waals surface area (Å²) in [6.45, 7) is 0.392. The van der Waals surface area contributed by atoms with Crippen molar-refractivity contribution in [3.63, 3.8) is 0 Å². The van der Waals surface area contributed by atoms with Crippen molar-refractivity contribution in [2.45, 2.75) is 6.54 Å². The zero-order chi connectivity index (χ0) is 27.0. The number of ether oxygens (including phenoxy) is 1. The topological polar surface area (TPSA) is 54.5 Å². The van der Waals surface area contributed by atoms with Crippen molar-refractivity contribution < 1.29 is 9.53 Å². The second-order valence-corrected chi connectivity index (χ2v) is 10.2. The number of nitrogens with zero attached hydrogens (tertiary/aromatic N) is 2. The van der Waals surface area contributed by atoms with E-state index in [2.05, 4.69) is 34.6 Å². The zero-order valence-electron chi connectivity index (χ0n) is 21.3. The molecular formula is C32H26ClN3O2S. The Morgan fingerprint density at radius 2 is 1.56 bits per heavy atom. The number of anilines is 3. The Labute approximate surface area is 237 Å². The molecule has 0 bridgehead atoms. The summed E-state index contributed by atoms with van der Waals surface area (Å²) in [6.07, 6.45) is 5.77. The Kier molecular flexibility index (Phi) is 8.36. The summed E-state index contributed by atoms with van der Waals surface area (Å²) in [5, 5.41) is 4.57. The lowest BCUT2D eigenvalue weighted by atomic mass is 10.1. The van der Waals surface area contributed by atoms with Crippen molar-refractivity contribution in [3.8, 4) is 5.75 Å². The number of methoxy groups -OCH3 is 1. The van der Waals surface area contributed by atoms with Gasteiger partial charge >= 0.3 is 0 Å². The molecule has 0 aliphatic carbocycles. The predicted molar refractivity (Wildman–Crippen MR) is 162 cm³/mol. The monoisotopic (exact) mass is 551 g/mol. The second kappa shape index (κ2) is 12.4. The highest BCUT2D eigenvalue weighted by Gasteiger charge is 2.21. The quantitative estimate of drug-likeness (QED) is 0.186. The number of carbonyl (C=O) groups is 1. The number of nitrogens with one attached hydrogen (secondary N) is 1. The number of rotatable bonds is 9. The number of amides is 1. The highest BCUT2D eigenvalue weighted by atomic mass is 35.5. The molecule has 1 N–H and O–H groups in total. The molecule has 4 aromatic carbocycles. The summed E-state index contributed by atoms with van der Waals surface area (Å²) in [5.41, 5.74) is 4.87. The van der Waals surface area contributed by atoms with Gasteiger partial charge in [0.05, 0.1) is 19.9 Å². The molecule has 5 rings (SSSR count). The Morgan fingerprint density at radius 3 is 2.23 bits per heavy atom. The Balaban J connectivity index is 1.30. The number of carbonyl (C=O) groups excluding carboxylic acids is 1. The van der Waals surface area contributed by atoms with Crippen LogP contribution in [-0.2, 0) is 6.54 Å². The Morgan fingerprint density at radius 1 is 0.897 bits per heavy atom. The highest BCUT2D eigenvalue weighted by molar-refractivity contribution is 7.17. The molecule has 0 spiro atoms. The van der Waals surface area contributed by atoms with Crippen LogP contribution in [0.15, 0.2) is 109 Å². The van der Waals surface area contributed by atoms with Crippen LogP contribution >= 0.6 is 22.9 Å². The van der Waals surface area contributed by atoms with E-state index in [1.807, 2.05) is 78.9 Å². The van der Waals surface area contributed by atoms with E-state index in [4.69, 9.17) is 16.3 Å². The molecule has 0 unspecified atom stereocenters. The van der Waals surface area contributed by atoms with E-state index < -0.39 is 0 Å². The molecule has 194 valence electrons. The van der Waals surface area contributed by atoms with Gasteiger partial charge in [-0.25, -0.2) is 4.98 Å². The third kappa shape index (κ3) is 6.93. The molecule has 0 atom stereocenters. The van der Waals surface area contributed by atoms with Crippen LogP contribution in [0.2, 0.25) is 5.02 Å². The molecule has 1 aromatic heterocycles. The van der Waals surface area contributed by atoms with Crippen LogP contribution in [-0.4, -0.2) is 18.0 Å². The number of hydrogen-bond acceptors (Lipinski definition) is 5. The van der Waals surface area contributed by atoms with E-state index in [1.165, 1.54) is 11.3 Å². The Bertz CT molecular complexity index is 1550. The predicted octanol–water partition coefficient (Wildman–Crippen LogP) is 8.57. The highest BCUT2D eigenvalue weighted by Crippen LogP contribution is 2.28. The number of hydrogen-bond donors (Lipinski definition) is 1. The molecule has 7 heteroatoms. The molecular weight excluding hydrogens is 526 g/mol. The number of aromatic nitrogens is 1. The average Bonchev–Trinajstić information content (AvgIpc) is 3.45. The molecule has 5 aromatic rings. The van der Waals surface area contributed by atoms with Crippen LogP contribution in [0.5, 0.6) is 5.75 Å². The minimum absolute atomic E-state index is 0.139. The number of benzene rings is 4. The first-order valence-corrected chi connectivity index (χ1v) is 13.5. The van der Waals surface area contributed by atoms with Crippen LogP contribution in [0, 0.1) is 0 Å². The van der Waals surface area contributed by atoms with Crippen LogP contribution in [0.3, 0.4) is 0 Å². The average molecular weight is 552 g/mol. The first kappa shape index (κ1) is 26.2. The van der Waals surface area contributed by atoms with E-state index >= 15 is 0 Å². The van der Waals surface area contributed by atoms with E-state index in [0.29, 0.717) is 21.6 Å². The zero-order valence-corrected chi connectivity index (χ0v) is 22.8. The molecule has 0 aliphatic heterocycles. The van der Waals surface area contributed by atoms with E-state index in [9.17, 15) is 4.79 Å². The summed E-state index contributed by atoms with van der Waals surface area (Å²) in [5.74, 6) is 0.627. The molecule has 5 nitrogen and oxygen atoms in total. The molecule has 39 heavy (non-hydrogen) atoms. The van der Waals surface area contributed by atoms with E-state index in [1.54, 1.807) is 30.3 Å². The van der Waals surface area contributed by atoms with Gasteiger partial charge in [-0.15, -0.1) is 0 Å². The third-order valence-corrected chi connectivity index (χ3v) is 7.18. The van der Waals surface area contributed by atoms with Crippen molar-refractivity contribution in [1.82, 2.24) is 4.98 Å². The van der Waals surface area contributed by atoms with Gasteiger partial charge in [0.2, 0.25) is 0 Å². The van der Waals surface area contributed by atoms with Gasteiger partial charge in [-0.1, -0.05) is 89.7 Å². The van der Waals surface area contributed by atoms with Crippen molar-refractivity contribution in [1.29, 1.82) is 0 Å². The van der Waals surface area contributed by atoms with Gasteiger partial charge in [0.25, 0.3) is 5.91 Å². The number of halogens is 1. The fraction of sp³-hybridized carbons (Fsp3) is 0.0625. The van der Waals surface area contributed by atoms with Crippen LogP contribution in [0.4, 0.5) is 16.5 Å². The van der Waals surface area contributed by atoms with Gasteiger partial charge in [0.15, 0.2) is 5.13 Å². The van der Waals surface area contributed by atoms with Crippen LogP contribution in [0.1, 0.15) is 26.4 Å². The van der Waals surface area contributed by atoms with E-state index in [0.717, 1.165) is 33.8 Å². The number of thiazole rings is 1. The van der Waals surface area contributed by atoms with E-state index in [-0.39, 0.29) is 5.91 Å². The molecule has 0 saturated heterocycles. The molecule has 1 amide bonds. The molecule has 0 aliphatic rings. The smallest absolute Gasteiger partial charge is 0.270 e. The molecule has 1 heterocycles. The van der Waals surface area contributed by atoms with Gasteiger partial charge in [-0.05, 0) is 65.2 Å². The SMILES string of the molecule is COc1ccc(CN(C(=O)c2cnc(Nc3ccc(C=Cc4ccccc4)cc3)s2)c2ccc(Cl)cc2)cc1. The Hall–Kier alpha value is -4.39. The largest absolute Gasteiger partial charge is 0.497 e. The van der Waals surface area contributed by atoms with Crippen molar-refractivity contribution in [2.75, 3.05) is 17.3 Å². The maximum atomic E-state index is 13.7. The molecule has 0 fully saturated rings. The lowest BCUT2D eigenvalue weighted by Gasteiger charge is -2.22. The fourth-order valence-corrected chi connectivity index (χ4v) is 4.85. The van der Waals surface area contributed by atoms with Gasteiger partial charge < -0.3 is 15.0 Å². The van der Waals surface area contributed by atoms with Crippen LogP contribution in [0.25, 0.3) is 12.2 Å². The van der Waals surface area contributed by atoms with Crippen LogP contribution < -0.4 is 15.0 Å². The summed E-state index contributed by atoms with van der Waals surface area (Å²) >= 11 is 7.42. The summed E-state index contributed by atoms with van der Waals surface area (Å²) < 4.78 is 5.27. The summed E-state index contributed by atoms with van der Waals surface area (Å²) in [7, 11) is 1.63. The van der Waals surface area contributed by atoms with Crippen molar-refractivity contribution in [2.24, 2.45) is 0 Å². The summed E-state index contributed by atoms with van der Waals surface area (Å²) in [6, 6.07) is 33.2. The lowest BCUT2D eigenvalue weighted by molar-refractivity contribution is 0.0989. The minimum atomic E-state index is -0.139. The maximum Gasteiger partial charge on any atom is 0.270 e. The fourth-order valence-electron chi connectivity index (χ4n) is 3.94. The van der Waals surface area contributed by atoms with Crippen molar-refractivity contribution in [3.05, 3.63) is 136 Å². The third-order valence-electron chi connectivity index (χ3n) is 6.03. The van der Waals surface area contributed by atoms with Gasteiger partial charge in [0.1, 0.15) is 10.6 Å². The normalized spacial score (nSPS) is 10.9. The van der Waals surface area contributed by atoms with Gasteiger partial charge in [0, 0.05) is 16.4 Å². The minimum Gasteiger partial charge on any atom is -0.497 e. The first-order valence-electron chi connectivity index (χ1n) is 12.3. The standard InChI is InChI=1S/C32H26ClN3O2S/c1-38-29-19-11-25(12-20-29)22-36(28-17-13-26(33)14-18-28)31(37)30-21-34-32(39-30)35-27-15-9-24(10-16-27)8-7-23-5-3-2-4-6-23/h2-21H,22H2,1H3,(H,34,35). The second-order valence-electron chi connectivity index (χ2n) is 8.74. The lowest BCUT2D eigenvalue weighted by Crippen LogP contribution is -2.29. The van der Waals surface area contributed by atoms with Gasteiger partial charge in [-0.3, -0.25) is 4.79 Å². The van der Waals surface area contributed by atoms with Crippen molar-refractivity contribution >= 4 is 57.5 Å². The van der Waals surface area contributed by atoms with Gasteiger partial charge in [-0.2, -0.15) is 0 Å². The molecule has 0 radical (unpaired) electrons.